The van der Waals surface area contributed by atoms with E-state index >= 15 is 0 Å². The Labute approximate surface area is 234 Å². The summed E-state index contributed by atoms with van der Waals surface area (Å²) in [4.78, 5) is 31.1. The number of rotatable bonds is 10. The van der Waals surface area contributed by atoms with E-state index in [0.29, 0.717) is 55.0 Å². The molecule has 208 valence electrons. The number of hydrazone groups is 1. The van der Waals surface area contributed by atoms with Crippen LogP contribution in [0.15, 0.2) is 47.6 Å². The molecule has 5 rings (SSSR count). The van der Waals surface area contributed by atoms with Crippen molar-refractivity contribution in [3.63, 3.8) is 0 Å². The Morgan fingerprint density at radius 3 is 2.56 bits per heavy atom. The predicted molar refractivity (Wildman–Crippen MR) is 148 cm³/mol. The van der Waals surface area contributed by atoms with E-state index in [1.807, 2.05) is 42.5 Å². The largest absolute Gasteiger partial charge is 0.497 e. The average Bonchev–Trinajstić information content (AvgIpc) is 3.73. The van der Waals surface area contributed by atoms with Crippen LogP contribution in [-0.2, 0) is 14.3 Å². The van der Waals surface area contributed by atoms with Crippen molar-refractivity contribution < 1.29 is 23.8 Å². The van der Waals surface area contributed by atoms with Gasteiger partial charge in [0.25, 0.3) is 5.91 Å². The van der Waals surface area contributed by atoms with E-state index in [1.54, 1.807) is 19.1 Å². The molecule has 2 fully saturated rings. The van der Waals surface area contributed by atoms with Crippen molar-refractivity contribution in [2.24, 2.45) is 11.0 Å². The van der Waals surface area contributed by atoms with E-state index < -0.39 is 6.04 Å². The van der Waals surface area contributed by atoms with Gasteiger partial charge in [0.15, 0.2) is 0 Å². The molecule has 1 saturated carbocycles. The topological polar surface area (TPSA) is 83.9 Å². The van der Waals surface area contributed by atoms with Gasteiger partial charge < -0.3 is 19.1 Å². The number of methoxy groups -OCH3 is 2. The molecule has 1 saturated heterocycles. The van der Waals surface area contributed by atoms with E-state index in [2.05, 4.69) is 4.90 Å². The van der Waals surface area contributed by atoms with Gasteiger partial charge in [-0.3, -0.25) is 14.5 Å². The number of amides is 2. The number of benzene rings is 2. The second-order valence-corrected chi connectivity index (χ2v) is 10.5. The first-order valence-corrected chi connectivity index (χ1v) is 13.8. The lowest BCUT2D eigenvalue weighted by Gasteiger charge is -2.31. The van der Waals surface area contributed by atoms with Gasteiger partial charge in [0.1, 0.15) is 18.0 Å². The van der Waals surface area contributed by atoms with Crippen molar-refractivity contribution >= 4 is 29.1 Å². The Balaban J connectivity index is 1.43. The smallest absolute Gasteiger partial charge is 0.262 e. The van der Waals surface area contributed by atoms with E-state index in [-0.39, 0.29) is 24.3 Å². The minimum Gasteiger partial charge on any atom is -0.497 e. The lowest BCUT2D eigenvalue weighted by molar-refractivity contribution is -0.142. The summed E-state index contributed by atoms with van der Waals surface area (Å²) in [6.07, 6.45) is 2.20. The molecule has 0 bridgehead atoms. The average molecular weight is 555 g/mol. The molecule has 39 heavy (non-hydrogen) atoms. The Kier molecular flexibility index (Phi) is 8.69. The van der Waals surface area contributed by atoms with Gasteiger partial charge in [-0.25, -0.2) is 5.01 Å². The maximum atomic E-state index is 13.9. The number of carbonyl (C=O) groups excluding carboxylic acids is 2. The van der Waals surface area contributed by atoms with Crippen LogP contribution in [0.25, 0.3) is 0 Å². The lowest BCUT2D eigenvalue weighted by Crippen LogP contribution is -2.47. The van der Waals surface area contributed by atoms with Gasteiger partial charge in [0, 0.05) is 54.7 Å². The quantitative estimate of drug-likeness (QED) is 0.446. The highest BCUT2D eigenvalue weighted by molar-refractivity contribution is 6.34. The molecule has 0 aromatic heterocycles. The highest BCUT2D eigenvalue weighted by Gasteiger charge is 2.39. The molecule has 1 aliphatic carbocycles. The van der Waals surface area contributed by atoms with Crippen LogP contribution in [0.5, 0.6) is 11.5 Å². The SMILES string of the molecule is COc1ccc(OC)c([C@H]2CC(c3ccccc3Cl)=NN2C(=O)CN(CCN2CCOCC2)C(=O)C2CC2)c1. The molecule has 0 N–H and O–H groups in total. The first-order chi connectivity index (χ1) is 19.0. The van der Waals surface area contributed by atoms with Crippen molar-refractivity contribution in [2.75, 3.05) is 60.2 Å². The predicted octanol–water partition coefficient (Wildman–Crippen LogP) is 3.61. The summed E-state index contributed by atoms with van der Waals surface area (Å²) in [5.74, 6) is 1.09. The van der Waals surface area contributed by atoms with Crippen LogP contribution in [0.3, 0.4) is 0 Å². The van der Waals surface area contributed by atoms with Crippen LogP contribution >= 0.6 is 11.6 Å². The third-order valence-corrected chi connectivity index (χ3v) is 7.83. The van der Waals surface area contributed by atoms with Crippen LogP contribution in [0.1, 0.15) is 36.4 Å². The Bertz CT molecular complexity index is 1230. The van der Waals surface area contributed by atoms with Crippen molar-refractivity contribution in [3.05, 3.63) is 58.6 Å². The molecule has 2 amide bonds. The summed E-state index contributed by atoms with van der Waals surface area (Å²) in [5, 5.41) is 6.85. The number of hydrogen-bond donors (Lipinski definition) is 0. The Hall–Kier alpha value is -3.14. The molecule has 0 radical (unpaired) electrons. The summed E-state index contributed by atoms with van der Waals surface area (Å²) in [5.41, 5.74) is 2.26. The second kappa shape index (κ2) is 12.4. The fraction of sp³-hybridized carbons (Fsp3) is 0.483. The molecule has 0 unspecified atom stereocenters. The number of halogens is 1. The highest BCUT2D eigenvalue weighted by Crippen LogP contribution is 2.40. The van der Waals surface area contributed by atoms with E-state index in [0.717, 1.165) is 37.1 Å². The molecule has 3 aliphatic rings. The van der Waals surface area contributed by atoms with Crippen molar-refractivity contribution in [3.8, 4) is 11.5 Å². The number of carbonyl (C=O) groups is 2. The van der Waals surface area contributed by atoms with Crippen LogP contribution in [0, 0.1) is 5.92 Å². The third kappa shape index (κ3) is 6.37. The number of ether oxygens (including phenoxy) is 3. The maximum Gasteiger partial charge on any atom is 0.262 e. The van der Waals surface area contributed by atoms with Gasteiger partial charge in [-0.1, -0.05) is 29.8 Å². The van der Waals surface area contributed by atoms with Crippen molar-refractivity contribution in [1.82, 2.24) is 14.8 Å². The van der Waals surface area contributed by atoms with E-state index in [9.17, 15) is 9.59 Å². The number of hydrogen-bond acceptors (Lipinski definition) is 7. The molecule has 2 heterocycles. The van der Waals surface area contributed by atoms with Gasteiger partial charge in [0.2, 0.25) is 5.91 Å². The summed E-state index contributed by atoms with van der Waals surface area (Å²) in [7, 11) is 3.20. The summed E-state index contributed by atoms with van der Waals surface area (Å²) in [6.45, 7) is 4.18. The molecule has 10 heteroatoms. The first kappa shape index (κ1) is 27.4. The zero-order valence-corrected chi connectivity index (χ0v) is 23.2. The van der Waals surface area contributed by atoms with Gasteiger partial charge in [-0.2, -0.15) is 5.10 Å². The fourth-order valence-electron chi connectivity index (χ4n) is 5.12. The van der Waals surface area contributed by atoms with Gasteiger partial charge in [-0.15, -0.1) is 0 Å². The molecule has 0 spiro atoms. The van der Waals surface area contributed by atoms with Crippen LogP contribution in [0.4, 0.5) is 0 Å². The molecule has 2 aromatic carbocycles. The van der Waals surface area contributed by atoms with Gasteiger partial charge >= 0.3 is 0 Å². The van der Waals surface area contributed by atoms with Crippen LogP contribution < -0.4 is 9.47 Å². The first-order valence-electron chi connectivity index (χ1n) is 13.4. The molecular weight excluding hydrogens is 520 g/mol. The molecular formula is C29H35ClN4O5. The fourth-order valence-corrected chi connectivity index (χ4v) is 5.36. The summed E-state index contributed by atoms with van der Waals surface area (Å²) >= 11 is 6.52. The second-order valence-electron chi connectivity index (χ2n) is 10.1. The van der Waals surface area contributed by atoms with Gasteiger partial charge in [0.05, 0.1) is 39.2 Å². The van der Waals surface area contributed by atoms with Crippen LogP contribution in [0.2, 0.25) is 5.02 Å². The normalized spacial score (nSPS) is 19.5. The molecule has 1 atom stereocenters. The molecule has 9 nitrogen and oxygen atoms in total. The van der Waals surface area contributed by atoms with Gasteiger partial charge in [-0.05, 0) is 37.1 Å². The monoisotopic (exact) mass is 554 g/mol. The zero-order chi connectivity index (χ0) is 27.4. The van der Waals surface area contributed by atoms with Crippen molar-refractivity contribution in [2.45, 2.75) is 25.3 Å². The Morgan fingerprint density at radius 1 is 1.10 bits per heavy atom. The third-order valence-electron chi connectivity index (χ3n) is 7.50. The molecule has 2 aliphatic heterocycles. The lowest BCUT2D eigenvalue weighted by atomic mass is 9.97. The Morgan fingerprint density at radius 2 is 1.87 bits per heavy atom. The maximum absolute atomic E-state index is 13.9. The summed E-state index contributed by atoms with van der Waals surface area (Å²) < 4.78 is 16.6. The molecule has 2 aromatic rings. The minimum absolute atomic E-state index is 0.0116. The van der Waals surface area contributed by atoms with E-state index in [4.69, 9.17) is 30.9 Å². The summed E-state index contributed by atoms with van der Waals surface area (Å²) in [6, 6.07) is 12.6. The number of nitrogens with zero attached hydrogens (tertiary/aromatic N) is 4. The minimum atomic E-state index is -0.439. The number of morpholine rings is 1. The van der Waals surface area contributed by atoms with E-state index in [1.165, 1.54) is 5.01 Å². The van der Waals surface area contributed by atoms with Crippen molar-refractivity contribution in [1.29, 1.82) is 0 Å². The highest BCUT2D eigenvalue weighted by atomic mass is 35.5. The zero-order valence-electron chi connectivity index (χ0n) is 22.5. The van der Waals surface area contributed by atoms with Crippen LogP contribution in [-0.4, -0.2) is 92.5 Å². The standard InChI is InChI=1S/C29H35ClN4O5/c1-37-21-9-10-27(38-2)23(17-21)26-18-25(22-5-3-4-6-24(22)30)31-34(26)28(35)19-33(29(36)20-7-8-20)12-11-32-13-15-39-16-14-32/h3-6,9-10,17,20,26H,7-8,11-16,18-19H2,1-2H3/t26-/m1/s1.